The summed E-state index contributed by atoms with van der Waals surface area (Å²) < 4.78 is 3.84. The van der Waals surface area contributed by atoms with E-state index < -0.39 is 0 Å². The summed E-state index contributed by atoms with van der Waals surface area (Å²) in [5, 5.41) is 9.39. The minimum absolute atomic E-state index is 0.107. The third kappa shape index (κ3) is 4.36. The Labute approximate surface area is 197 Å². The highest BCUT2D eigenvalue weighted by Gasteiger charge is 2.23. The quantitative estimate of drug-likeness (QED) is 0.591. The number of benzene rings is 1. The van der Waals surface area contributed by atoms with Crippen LogP contribution in [0, 0.1) is 23.2 Å². The first kappa shape index (κ1) is 21.6. The number of nitrogens with two attached hydrogens (primary N) is 1. The van der Waals surface area contributed by atoms with Gasteiger partial charge in [0.1, 0.15) is 11.6 Å². The molecule has 2 fully saturated rings. The molecule has 1 saturated carbocycles. The van der Waals surface area contributed by atoms with Crippen LogP contribution in [0.15, 0.2) is 29.2 Å². The van der Waals surface area contributed by atoms with Gasteiger partial charge in [-0.15, -0.1) is 11.8 Å². The number of aromatic nitrogens is 4. The summed E-state index contributed by atoms with van der Waals surface area (Å²) >= 11 is 1.77. The number of anilines is 1. The molecule has 1 aromatic carbocycles. The molecule has 0 spiro atoms. The second-order valence-corrected chi connectivity index (χ2v) is 9.99. The maximum atomic E-state index is 12.3. The van der Waals surface area contributed by atoms with Crippen molar-refractivity contribution >= 4 is 28.6 Å². The van der Waals surface area contributed by atoms with Crippen molar-refractivity contribution in [3.8, 4) is 17.9 Å². The third-order valence-corrected chi connectivity index (χ3v) is 7.91. The average Bonchev–Trinajstić information content (AvgIpc) is 3.49. The number of hydrogen-bond donors (Lipinski definition) is 1. The molecule has 3 aromatic rings. The maximum Gasteiger partial charge on any atom is 0.350 e. The summed E-state index contributed by atoms with van der Waals surface area (Å²) in [5.41, 5.74) is 8.74. The second kappa shape index (κ2) is 9.33. The number of nitriles is 1. The van der Waals surface area contributed by atoms with Crippen LogP contribution in [-0.4, -0.2) is 24.9 Å². The van der Waals surface area contributed by atoms with E-state index in [1.165, 1.54) is 19.3 Å². The summed E-state index contributed by atoms with van der Waals surface area (Å²) in [6.45, 7) is 0.463. The van der Waals surface area contributed by atoms with Gasteiger partial charge in [-0.2, -0.15) is 10.2 Å². The van der Waals surface area contributed by atoms with Crippen LogP contribution in [-0.2, 0) is 6.54 Å². The Bertz CT molecular complexity index is 1340. The molecule has 0 bridgehead atoms. The fraction of sp³-hybridized carbons (Fsp3) is 0.440. The molecule has 8 heteroatoms. The molecule has 1 atom stereocenters. The van der Waals surface area contributed by atoms with Crippen LogP contribution >= 0.6 is 11.8 Å². The van der Waals surface area contributed by atoms with E-state index >= 15 is 0 Å². The number of hydrogen-bond acceptors (Lipinski definition) is 6. The molecule has 3 heterocycles. The second-order valence-electron chi connectivity index (χ2n) is 8.71. The fourth-order valence-electron chi connectivity index (χ4n) is 4.83. The molecule has 7 nitrogen and oxygen atoms in total. The van der Waals surface area contributed by atoms with Crippen LogP contribution in [0.2, 0.25) is 0 Å². The lowest BCUT2D eigenvalue weighted by Crippen LogP contribution is -2.26. The van der Waals surface area contributed by atoms with E-state index in [9.17, 15) is 10.1 Å². The van der Waals surface area contributed by atoms with Gasteiger partial charge in [0, 0.05) is 12.1 Å². The van der Waals surface area contributed by atoms with Crippen LogP contribution in [0.3, 0.4) is 0 Å². The van der Waals surface area contributed by atoms with Gasteiger partial charge in [-0.1, -0.05) is 31.1 Å². The maximum absolute atomic E-state index is 12.3. The Hall–Kier alpha value is -3.23. The summed E-state index contributed by atoms with van der Waals surface area (Å²) in [4.78, 5) is 21.3. The van der Waals surface area contributed by atoms with Crippen molar-refractivity contribution in [2.24, 2.45) is 0 Å². The van der Waals surface area contributed by atoms with Gasteiger partial charge < -0.3 is 10.3 Å². The zero-order valence-corrected chi connectivity index (χ0v) is 19.3. The van der Waals surface area contributed by atoms with Gasteiger partial charge in [0.2, 0.25) is 0 Å². The molecule has 1 aliphatic carbocycles. The lowest BCUT2D eigenvalue weighted by Gasteiger charge is -2.21. The van der Waals surface area contributed by atoms with E-state index in [-0.39, 0.29) is 16.9 Å². The predicted molar refractivity (Wildman–Crippen MR) is 131 cm³/mol. The molecule has 1 saturated heterocycles. The smallest absolute Gasteiger partial charge is 0.350 e. The summed E-state index contributed by atoms with van der Waals surface area (Å²) in [5.74, 6) is 9.08. The molecule has 0 unspecified atom stereocenters. The van der Waals surface area contributed by atoms with Gasteiger partial charge in [0.25, 0.3) is 0 Å². The van der Waals surface area contributed by atoms with Crippen LogP contribution in [0.25, 0.3) is 11.0 Å². The SMILES string of the molecule is N#Cc1ccc2c(c1)nc(C1CCCCC1)n2CC#Cc1cn([C@H]2CCCS2)c(=O)nc1N. The Kier molecular flexibility index (Phi) is 6.11. The molecule has 2 aromatic heterocycles. The minimum atomic E-state index is -0.314. The number of nitrogen functional groups attached to an aromatic ring is 1. The summed E-state index contributed by atoms with van der Waals surface area (Å²) in [6.07, 6.45) is 9.77. The van der Waals surface area contributed by atoms with E-state index in [0.29, 0.717) is 23.6 Å². The van der Waals surface area contributed by atoms with Crippen molar-refractivity contribution in [2.45, 2.75) is 62.8 Å². The minimum Gasteiger partial charge on any atom is -0.382 e. The highest BCUT2D eigenvalue weighted by Crippen LogP contribution is 2.35. The van der Waals surface area contributed by atoms with Gasteiger partial charge in [-0.3, -0.25) is 4.57 Å². The molecule has 0 radical (unpaired) electrons. The van der Waals surface area contributed by atoms with E-state index in [1.807, 2.05) is 18.2 Å². The first-order chi connectivity index (χ1) is 16.1. The van der Waals surface area contributed by atoms with Crippen molar-refractivity contribution in [3.63, 3.8) is 0 Å². The number of thioether (sulfide) groups is 1. The molecule has 5 rings (SSSR count). The topological polar surface area (TPSA) is 103 Å². The van der Waals surface area contributed by atoms with Gasteiger partial charge in [-0.05, 0) is 49.6 Å². The van der Waals surface area contributed by atoms with Crippen LogP contribution < -0.4 is 11.4 Å². The van der Waals surface area contributed by atoms with Gasteiger partial charge >= 0.3 is 5.69 Å². The molecular formula is C25H26N6OS. The Balaban J connectivity index is 1.50. The van der Waals surface area contributed by atoms with E-state index in [4.69, 9.17) is 10.7 Å². The standard InChI is InChI=1S/C25H26N6OS/c26-15-17-10-11-21-20(14-17)28-24(18-6-2-1-3-7-18)30(21)12-4-8-19-16-31(22-9-5-13-33-22)25(32)29-23(19)27/h10-11,14,16,18,22H,1-3,5-7,9,12-13H2,(H2,27,29,32)/t22-/m1/s1. The molecule has 2 N–H and O–H groups in total. The molecular weight excluding hydrogens is 432 g/mol. The molecule has 33 heavy (non-hydrogen) atoms. The monoisotopic (exact) mass is 458 g/mol. The van der Waals surface area contributed by atoms with Crippen molar-refractivity contribution in [1.82, 2.24) is 19.1 Å². The highest BCUT2D eigenvalue weighted by atomic mass is 32.2. The van der Waals surface area contributed by atoms with Crippen molar-refractivity contribution in [2.75, 3.05) is 11.5 Å². The Morgan fingerprint density at radius 2 is 2.00 bits per heavy atom. The van der Waals surface area contributed by atoms with Gasteiger partial charge in [0.15, 0.2) is 0 Å². The zero-order chi connectivity index (χ0) is 22.8. The predicted octanol–water partition coefficient (Wildman–Crippen LogP) is 4.17. The number of nitrogens with zero attached hydrogens (tertiary/aromatic N) is 5. The number of rotatable bonds is 3. The highest BCUT2D eigenvalue weighted by molar-refractivity contribution is 7.99. The van der Waals surface area contributed by atoms with Gasteiger partial charge in [-0.25, -0.2) is 9.78 Å². The van der Waals surface area contributed by atoms with Gasteiger partial charge in [0.05, 0.1) is 40.1 Å². The lowest BCUT2D eigenvalue weighted by molar-refractivity contribution is 0.421. The van der Waals surface area contributed by atoms with Crippen LogP contribution in [0.4, 0.5) is 5.82 Å². The van der Waals surface area contributed by atoms with Crippen molar-refractivity contribution in [3.05, 3.63) is 51.8 Å². The average molecular weight is 459 g/mol. The third-order valence-electron chi connectivity index (χ3n) is 6.53. The van der Waals surface area contributed by atoms with Crippen molar-refractivity contribution < 1.29 is 0 Å². The molecule has 0 amide bonds. The Morgan fingerprint density at radius 3 is 2.76 bits per heavy atom. The summed E-state index contributed by atoms with van der Waals surface area (Å²) in [7, 11) is 0. The van der Waals surface area contributed by atoms with E-state index in [2.05, 4.69) is 27.5 Å². The van der Waals surface area contributed by atoms with Crippen LogP contribution in [0.5, 0.6) is 0 Å². The summed E-state index contributed by atoms with van der Waals surface area (Å²) in [6, 6.07) is 7.84. The van der Waals surface area contributed by atoms with E-state index in [1.54, 1.807) is 22.5 Å². The van der Waals surface area contributed by atoms with E-state index in [0.717, 1.165) is 48.3 Å². The number of imidazole rings is 1. The largest absolute Gasteiger partial charge is 0.382 e. The first-order valence-electron chi connectivity index (χ1n) is 11.5. The molecule has 1 aliphatic heterocycles. The lowest BCUT2D eigenvalue weighted by atomic mass is 9.88. The number of fused-ring (bicyclic) bond motifs is 1. The fourth-order valence-corrected chi connectivity index (χ4v) is 6.08. The van der Waals surface area contributed by atoms with Crippen molar-refractivity contribution in [1.29, 1.82) is 5.26 Å². The molecule has 168 valence electrons. The molecule has 2 aliphatic rings. The Morgan fingerprint density at radius 1 is 1.15 bits per heavy atom. The first-order valence-corrected chi connectivity index (χ1v) is 12.6. The van der Waals surface area contributed by atoms with Crippen LogP contribution in [0.1, 0.15) is 73.2 Å². The normalized spacial score (nSPS) is 18.7. The zero-order valence-electron chi connectivity index (χ0n) is 18.5.